The lowest BCUT2D eigenvalue weighted by atomic mass is 10.1. The highest BCUT2D eigenvalue weighted by molar-refractivity contribution is 5.97. The number of amides is 1. The van der Waals surface area contributed by atoms with Crippen LogP contribution in [0.1, 0.15) is 37.6 Å². The second kappa shape index (κ2) is 8.11. The number of rotatable bonds is 7. The van der Waals surface area contributed by atoms with E-state index in [0.29, 0.717) is 35.6 Å². The predicted octanol–water partition coefficient (Wildman–Crippen LogP) is 1.17. The van der Waals surface area contributed by atoms with Gasteiger partial charge in [-0.2, -0.15) is 0 Å². The quantitative estimate of drug-likeness (QED) is 0.788. The molecule has 0 bridgehead atoms. The first-order chi connectivity index (χ1) is 11.9. The van der Waals surface area contributed by atoms with Crippen molar-refractivity contribution in [1.29, 1.82) is 0 Å². The van der Waals surface area contributed by atoms with E-state index in [0.717, 1.165) is 17.5 Å². The van der Waals surface area contributed by atoms with Gasteiger partial charge in [0.25, 0.3) is 11.5 Å². The van der Waals surface area contributed by atoms with Crippen molar-refractivity contribution in [2.45, 2.75) is 39.8 Å². The molecule has 0 aliphatic heterocycles. The van der Waals surface area contributed by atoms with Crippen molar-refractivity contribution in [2.75, 3.05) is 20.1 Å². The monoisotopic (exact) mass is 346 g/mol. The van der Waals surface area contributed by atoms with Gasteiger partial charge in [0.05, 0.1) is 10.9 Å². The standard InChI is InChI=1S/C18H26N4O3/c1-5-12(3)21(4)10-9-19-16(23)13-7-8-14-15(11-13)20-18(25)22(6-2)17(14)24/h7-8,11-12H,5-6,9-10H2,1-4H3,(H,19,23)(H,20,25). The number of benzene rings is 1. The van der Waals surface area contributed by atoms with Gasteiger partial charge >= 0.3 is 5.69 Å². The number of H-pyrrole nitrogens is 1. The lowest BCUT2D eigenvalue weighted by Gasteiger charge is -2.23. The summed E-state index contributed by atoms with van der Waals surface area (Å²) in [6.45, 7) is 7.60. The van der Waals surface area contributed by atoms with Crippen molar-refractivity contribution < 1.29 is 4.79 Å². The molecule has 1 unspecified atom stereocenters. The minimum atomic E-state index is -0.465. The third-order valence-electron chi connectivity index (χ3n) is 4.65. The topological polar surface area (TPSA) is 87.2 Å². The van der Waals surface area contributed by atoms with Crippen LogP contribution in [0.15, 0.2) is 27.8 Å². The highest BCUT2D eigenvalue weighted by Crippen LogP contribution is 2.09. The second-order valence-corrected chi connectivity index (χ2v) is 6.23. The van der Waals surface area contributed by atoms with Gasteiger partial charge in [0.2, 0.25) is 0 Å². The van der Waals surface area contributed by atoms with Crippen LogP contribution in [-0.4, -0.2) is 46.5 Å². The van der Waals surface area contributed by atoms with Gasteiger partial charge in [0.1, 0.15) is 0 Å². The first kappa shape index (κ1) is 18.9. The van der Waals surface area contributed by atoms with Crippen molar-refractivity contribution in [3.05, 3.63) is 44.6 Å². The van der Waals surface area contributed by atoms with E-state index in [1.807, 2.05) is 7.05 Å². The van der Waals surface area contributed by atoms with Gasteiger partial charge in [-0.15, -0.1) is 0 Å². The molecule has 25 heavy (non-hydrogen) atoms. The minimum absolute atomic E-state index is 0.222. The van der Waals surface area contributed by atoms with Gasteiger partial charge in [0, 0.05) is 31.2 Å². The van der Waals surface area contributed by atoms with Crippen LogP contribution in [0.4, 0.5) is 0 Å². The molecule has 136 valence electrons. The maximum Gasteiger partial charge on any atom is 0.328 e. The van der Waals surface area contributed by atoms with E-state index in [-0.39, 0.29) is 11.5 Å². The fourth-order valence-corrected chi connectivity index (χ4v) is 2.66. The SMILES string of the molecule is CCC(C)N(C)CCNC(=O)c1ccc2c(=O)n(CC)c(=O)[nH]c2c1. The Hall–Kier alpha value is -2.41. The zero-order valence-electron chi connectivity index (χ0n) is 15.3. The molecule has 1 aromatic carbocycles. The lowest BCUT2D eigenvalue weighted by Crippen LogP contribution is -2.37. The van der Waals surface area contributed by atoms with E-state index in [2.05, 4.69) is 29.0 Å². The largest absolute Gasteiger partial charge is 0.351 e. The van der Waals surface area contributed by atoms with E-state index < -0.39 is 5.69 Å². The summed E-state index contributed by atoms with van der Waals surface area (Å²) >= 11 is 0. The molecule has 7 heteroatoms. The number of hydrogen-bond donors (Lipinski definition) is 2. The molecule has 2 rings (SSSR count). The maximum absolute atomic E-state index is 12.3. The van der Waals surface area contributed by atoms with E-state index in [1.165, 1.54) is 0 Å². The van der Waals surface area contributed by atoms with Crippen molar-refractivity contribution in [1.82, 2.24) is 19.8 Å². The minimum Gasteiger partial charge on any atom is -0.351 e. The van der Waals surface area contributed by atoms with Gasteiger partial charge < -0.3 is 15.2 Å². The molecule has 0 spiro atoms. The van der Waals surface area contributed by atoms with E-state index in [9.17, 15) is 14.4 Å². The summed E-state index contributed by atoms with van der Waals surface area (Å²) in [5.74, 6) is -0.222. The van der Waals surface area contributed by atoms with Crippen LogP contribution in [0.3, 0.4) is 0 Å². The molecule has 0 aliphatic rings. The highest BCUT2D eigenvalue weighted by Gasteiger charge is 2.11. The number of nitrogens with zero attached hydrogens (tertiary/aromatic N) is 2. The molecule has 2 aromatic rings. The smallest absolute Gasteiger partial charge is 0.328 e. The number of aromatic amines is 1. The van der Waals surface area contributed by atoms with Crippen molar-refractivity contribution in [2.24, 2.45) is 0 Å². The number of aromatic nitrogens is 2. The number of carbonyl (C=O) groups excluding carboxylic acids is 1. The van der Waals surface area contributed by atoms with Gasteiger partial charge in [-0.05, 0) is 45.5 Å². The Balaban J connectivity index is 2.15. The number of carbonyl (C=O) groups is 1. The van der Waals surface area contributed by atoms with E-state index in [4.69, 9.17) is 0 Å². The van der Waals surface area contributed by atoms with Crippen molar-refractivity contribution in [3.8, 4) is 0 Å². The van der Waals surface area contributed by atoms with Crippen LogP contribution in [0.25, 0.3) is 10.9 Å². The third-order valence-corrected chi connectivity index (χ3v) is 4.65. The fraction of sp³-hybridized carbons (Fsp3) is 0.500. The molecule has 1 aromatic heterocycles. The van der Waals surface area contributed by atoms with Gasteiger partial charge in [-0.1, -0.05) is 6.92 Å². The van der Waals surface area contributed by atoms with Crippen molar-refractivity contribution in [3.63, 3.8) is 0 Å². The molecule has 0 aliphatic carbocycles. The summed E-state index contributed by atoms with van der Waals surface area (Å²) in [4.78, 5) is 41.3. The molecule has 0 fully saturated rings. The maximum atomic E-state index is 12.3. The summed E-state index contributed by atoms with van der Waals surface area (Å²) in [6.07, 6.45) is 1.05. The average Bonchev–Trinajstić information content (AvgIpc) is 2.60. The predicted molar refractivity (Wildman–Crippen MR) is 99.2 cm³/mol. The third kappa shape index (κ3) is 4.17. The molecular formula is C18H26N4O3. The first-order valence-electron chi connectivity index (χ1n) is 8.64. The Morgan fingerprint density at radius 2 is 2.04 bits per heavy atom. The molecule has 2 N–H and O–H groups in total. The van der Waals surface area contributed by atoms with Gasteiger partial charge in [-0.3, -0.25) is 14.2 Å². The molecule has 0 radical (unpaired) electrons. The Morgan fingerprint density at radius 1 is 1.32 bits per heavy atom. The first-order valence-corrected chi connectivity index (χ1v) is 8.64. The fourth-order valence-electron chi connectivity index (χ4n) is 2.66. The Kier molecular flexibility index (Phi) is 6.14. The zero-order chi connectivity index (χ0) is 18.6. The molecule has 1 heterocycles. The molecule has 7 nitrogen and oxygen atoms in total. The number of nitrogens with one attached hydrogen (secondary N) is 2. The highest BCUT2D eigenvalue weighted by atomic mass is 16.2. The average molecular weight is 346 g/mol. The number of fused-ring (bicyclic) bond motifs is 1. The second-order valence-electron chi connectivity index (χ2n) is 6.23. The lowest BCUT2D eigenvalue weighted by molar-refractivity contribution is 0.0947. The van der Waals surface area contributed by atoms with Gasteiger partial charge in [0.15, 0.2) is 0 Å². The van der Waals surface area contributed by atoms with E-state index in [1.54, 1.807) is 25.1 Å². The van der Waals surface area contributed by atoms with Crippen LogP contribution in [0.2, 0.25) is 0 Å². The molecular weight excluding hydrogens is 320 g/mol. The van der Waals surface area contributed by atoms with Crippen LogP contribution >= 0.6 is 0 Å². The van der Waals surface area contributed by atoms with Crippen LogP contribution in [0, 0.1) is 0 Å². The summed E-state index contributed by atoms with van der Waals surface area (Å²) in [5, 5.41) is 3.27. The number of likely N-dealkylation sites (N-methyl/N-ethyl adjacent to an activating group) is 1. The van der Waals surface area contributed by atoms with Crippen molar-refractivity contribution >= 4 is 16.8 Å². The molecule has 0 saturated carbocycles. The molecule has 1 amide bonds. The Labute approximate surface area is 146 Å². The van der Waals surface area contributed by atoms with Crippen LogP contribution in [-0.2, 0) is 6.54 Å². The van der Waals surface area contributed by atoms with Crippen LogP contribution in [0.5, 0.6) is 0 Å². The Bertz CT molecular complexity index is 869. The molecule has 0 saturated heterocycles. The summed E-state index contributed by atoms with van der Waals surface area (Å²) < 4.78 is 1.13. The van der Waals surface area contributed by atoms with E-state index >= 15 is 0 Å². The zero-order valence-corrected chi connectivity index (χ0v) is 15.3. The number of hydrogen-bond acceptors (Lipinski definition) is 4. The summed E-state index contributed by atoms with van der Waals surface area (Å²) in [6, 6.07) is 5.20. The molecule has 1 atom stereocenters. The van der Waals surface area contributed by atoms with Gasteiger partial charge in [-0.25, -0.2) is 4.79 Å². The summed E-state index contributed by atoms with van der Waals surface area (Å²) in [7, 11) is 2.03. The summed E-state index contributed by atoms with van der Waals surface area (Å²) in [5.41, 5.74) is -0.0109. The Morgan fingerprint density at radius 3 is 2.68 bits per heavy atom. The van der Waals surface area contributed by atoms with Crippen LogP contribution < -0.4 is 16.6 Å². The normalized spacial score (nSPS) is 12.5.